The first kappa shape index (κ1) is 14.8. The first-order valence-electron chi connectivity index (χ1n) is 5.95. The molecule has 5 nitrogen and oxygen atoms in total. The minimum Gasteiger partial charge on any atom is -0.398 e. The van der Waals surface area contributed by atoms with Gasteiger partial charge in [-0.25, -0.2) is 12.8 Å². The van der Waals surface area contributed by atoms with Crippen molar-refractivity contribution in [3.63, 3.8) is 0 Å². The van der Waals surface area contributed by atoms with E-state index in [2.05, 4.69) is 4.72 Å². The van der Waals surface area contributed by atoms with Gasteiger partial charge in [-0.3, -0.25) is 4.72 Å². The summed E-state index contributed by atoms with van der Waals surface area (Å²) in [6.45, 7) is 0. The van der Waals surface area contributed by atoms with E-state index in [1.807, 2.05) is 0 Å². The molecule has 0 aliphatic rings. The van der Waals surface area contributed by atoms with Crippen LogP contribution in [0.2, 0.25) is 0 Å². The Labute approximate surface area is 121 Å². The first-order chi connectivity index (χ1) is 9.91. The SMILES string of the molecule is N#Cc1ccc(NS(=O)(=O)Cc2ccccc2N)c(F)c1. The first-order valence-corrected chi connectivity index (χ1v) is 7.60. The summed E-state index contributed by atoms with van der Waals surface area (Å²) < 4.78 is 39.9. The number of anilines is 2. The van der Waals surface area contributed by atoms with Crippen LogP contribution in [0.1, 0.15) is 11.1 Å². The summed E-state index contributed by atoms with van der Waals surface area (Å²) in [7, 11) is -3.81. The zero-order valence-electron chi connectivity index (χ0n) is 10.9. The van der Waals surface area contributed by atoms with E-state index in [1.165, 1.54) is 12.1 Å². The highest BCUT2D eigenvalue weighted by molar-refractivity contribution is 7.91. The van der Waals surface area contributed by atoms with Crippen molar-refractivity contribution in [1.29, 1.82) is 5.26 Å². The highest BCUT2D eigenvalue weighted by atomic mass is 32.2. The Morgan fingerprint density at radius 1 is 1.24 bits per heavy atom. The molecule has 0 aliphatic heterocycles. The van der Waals surface area contributed by atoms with Gasteiger partial charge < -0.3 is 5.73 Å². The molecule has 2 aromatic carbocycles. The molecule has 0 unspecified atom stereocenters. The van der Waals surface area contributed by atoms with Gasteiger partial charge in [0.05, 0.1) is 23.1 Å². The van der Waals surface area contributed by atoms with Crippen LogP contribution < -0.4 is 10.5 Å². The van der Waals surface area contributed by atoms with E-state index >= 15 is 0 Å². The molecule has 7 heteroatoms. The summed E-state index contributed by atoms with van der Waals surface area (Å²) in [4.78, 5) is 0. The quantitative estimate of drug-likeness (QED) is 0.846. The number of nitriles is 1. The molecule has 2 rings (SSSR count). The molecule has 0 aliphatic carbocycles. The Hall–Kier alpha value is -2.59. The van der Waals surface area contributed by atoms with Crippen molar-refractivity contribution in [3.05, 3.63) is 59.4 Å². The van der Waals surface area contributed by atoms with E-state index in [1.54, 1.807) is 30.3 Å². The fraction of sp³-hybridized carbons (Fsp3) is 0.0714. The number of nitrogens with two attached hydrogens (primary N) is 1. The lowest BCUT2D eigenvalue weighted by atomic mass is 10.2. The molecule has 0 saturated heterocycles. The molecule has 2 aromatic rings. The van der Waals surface area contributed by atoms with Gasteiger partial charge in [0.1, 0.15) is 5.82 Å². The average Bonchev–Trinajstić information content (AvgIpc) is 2.43. The van der Waals surface area contributed by atoms with Crippen molar-refractivity contribution in [2.75, 3.05) is 10.5 Å². The summed E-state index contributed by atoms with van der Waals surface area (Å²) in [5.74, 6) is -1.17. The molecule has 0 fully saturated rings. The number of hydrogen-bond acceptors (Lipinski definition) is 4. The van der Waals surface area contributed by atoms with Gasteiger partial charge in [-0.15, -0.1) is 0 Å². The Balaban J connectivity index is 2.23. The van der Waals surface area contributed by atoms with Crippen LogP contribution in [0.4, 0.5) is 15.8 Å². The number of nitrogens with zero attached hydrogens (tertiary/aromatic N) is 1. The molecule has 0 heterocycles. The van der Waals surface area contributed by atoms with Crippen LogP contribution in [0.25, 0.3) is 0 Å². The third-order valence-corrected chi connectivity index (χ3v) is 3.99. The van der Waals surface area contributed by atoms with E-state index in [0.29, 0.717) is 11.3 Å². The van der Waals surface area contributed by atoms with Crippen LogP contribution in [-0.4, -0.2) is 8.42 Å². The Morgan fingerprint density at radius 2 is 1.95 bits per heavy atom. The second-order valence-electron chi connectivity index (χ2n) is 4.37. The van der Waals surface area contributed by atoms with Crippen LogP contribution in [-0.2, 0) is 15.8 Å². The molecule has 0 spiro atoms. The molecule has 0 bridgehead atoms. The molecule has 21 heavy (non-hydrogen) atoms. The maximum Gasteiger partial charge on any atom is 0.237 e. The smallest absolute Gasteiger partial charge is 0.237 e. The second kappa shape index (κ2) is 5.81. The van der Waals surface area contributed by atoms with Crippen molar-refractivity contribution in [1.82, 2.24) is 0 Å². The topological polar surface area (TPSA) is 96.0 Å². The van der Waals surface area contributed by atoms with Gasteiger partial charge in [0.25, 0.3) is 0 Å². The molecule has 0 amide bonds. The lowest BCUT2D eigenvalue weighted by Crippen LogP contribution is -2.16. The minimum atomic E-state index is -3.81. The lowest BCUT2D eigenvalue weighted by Gasteiger charge is -2.10. The van der Waals surface area contributed by atoms with Crippen molar-refractivity contribution >= 4 is 21.4 Å². The van der Waals surface area contributed by atoms with Gasteiger partial charge in [0.2, 0.25) is 10.0 Å². The lowest BCUT2D eigenvalue weighted by molar-refractivity contribution is 0.598. The zero-order chi connectivity index (χ0) is 15.5. The zero-order valence-corrected chi connectivity index (χ0v) is 11.7. The number of benzene rings is 2. The molecular weight excluding hydrogens is 293 g/mol. The predicted molar refractivity (Wildman–Crippen MR) is 78.2 cm³/mol. The Morgan fingerprint density at radius 3 is 2.57 bits per heavy atom. The summed E-state index contributed by atoms with van der Waals surface area (Å²) in [5.41, 5.74) is 6.37. The molecule has 0 radical (unpaired) electrons. The molecular formula is C14H12FN3O2S. The van der Waals surface area contributed by atoms with E-state index in [4.69, 9.17) is 11.0 Å². The number of hydrogen-bond donors (Lipinski definition) is 2. The highest BCUT2D eigenvalue weighted by Crippen LogP contribution is 2.20. The normalized spacial score (nSPS) is 10.9. The largest absolute Gasteiger partial charge is 0.398 e. The van der Waals surface area contributed by atoms with E-state index < -0.39 is 15.8 Å². The Bertz CT molecular complexity index is 813. The third kappa shape index (κ3) is 3.70. The standard InChI is InChI=1S/C14H12FN3O2S/c15-12-7-10(8-16)5-6-14(12)18-21(19,20)9-11-3-1-2-4-13(11)17/h1-7,18H,9,17H2. The van der Waals surface area contributed by atoms with Gasteiger partial charge in [0.15, 0.2) is 0 Å². The molecule has 0 saturated carbocycles. The third-order valence-electron chi connectivity index (χ3n) is 2.76. The van der Waals surface area contributed by atoms with Crippen LogP contribution in [0, 0.1) is 17.1 Å². The highest BCUT2D eigenvalue weighted by Gasteiger charge is 2.15. The maximum absolute atomic E-state index is 13.7. The summed E-state index contributed by atoms with van der Waals surface area (Å²) >= 11 is 0. The number of nitrogens with one attached hydrogen (secondary N) is 1. The van der Waals surface area contributed by atoms with Gasteiger partial charge >= 0.3 is 0 Å². The Kier molecular flexibility index (Phi) is 4.10. The fourth-order valence-corrected chi connectivity index (χ4v) is 2.99. The number of nitrogen functional groups attached to an aromatic ring is 1. The van der Waals surface area contributed by atoms with E-state index in [0.717, 1.165) is 6.07 Å². The van der Waals surface area contributed by atoms with Crippen molar-refractivity contribution in [2.45, 2.75) is 5.75 Å². The maximum atomic E-state index is 13.7. The molecule has 0 atom stereocenters. The van der Waals surface area contributed by atoms with Crippen LogP contribution in [0.5, 0.6) is 0 Å². The number of rotatable bonds is 4. The van der Waals surface area contributed by atoms with Crippen LogP contribution in [0.15, 0.2) is 42.5 Å². The van der Waals surface area contributed by atoms with E-state index in [9.17, 15) is 12.8 Å². The second-order valence-corrected chi connectivity index (χ2v) is 6.09. The van der Waals surface area contributed by atoms with Gasteiger partial charge in [-0.05, 0) is 29.8 Å². The van der Waals surface area contributed by atoms with E-state index in [-0.39, 0.29) is 17.0 Å². The summed E-state index contributed by atoms with van der Waals surface area (Å²) in [6, 6.07) is 11.8. The van der Waals surface area contributed by atoms with Gasteiger partial charge in [-0.1, -0.05) is 18.2 Å². The minimum absolute atomic E-state index is 0.114. The van der Waals surface area contributed by atoms with Crippen molar-refractivity contribution < 1.29 is 12.8 Å². The van der Waals surface area contributed by atoms with Crippen LogP contribution in [0.3, 0.4) is 0 Å². The number of halogens is 1. The number of sulfonamides is 1. The fourth-order valence-electron chi connectivity index (χ4n) is 1.74. The monoisotopic (exact) mass is 305 g/mol. The molecule has 0 aromatic heterocycles. The van der Waals surface area contributed by atoms with Crippen molar-refractivity contribution in [2.24, 2.45) is 0 Å². The predicted octanol–water partition coefficient (Wildman–Crippen LogP) is 2.22. The van der Waals surface area contributed by atoms with Crippen LogP contribution >= 0.6 is 0 Å². The molecule has 108 valence electrons. The average molecular weight is 305 g/mol. The summed E-state index contributed by atoms with van der Waals surface area (Å²) in [5, 5.41) is 8.64. The van der Waals surface area contributed by atoms with Gasteiger partial charge in [-0.2, -0.15) is 5.26 Å². The van der Waals surface area contributed by atoms with Gasteiger partial charge in [0, 0.05) is 5.69 Å². The number of para-hydroxylation sites is 1. The molecule has 3 N–H and O–H groups in total. The van der Waals surface area contributed by atoms with Crippen molar-refractivity contribution in [3.8, 4) is 6.07 Å². The summed E-state index contributed by atoms with van der Waals surface area (Å²) in [6.07, 6.45) is 0.